The zero-order valence-electron chi connectivity index (χ0n) is 19.1. The first-order valence-electron chi connectivity index (χ1n) is 11.2. The largest absolute Gasteiger partial charge is 0.436 e. The van der Waals surface area contributed by atoms with Gasteiger partial charge in [0.2, 0.25) is 5.55 Å². The highest BCUT2D eigenvalue weighted by atomic mass is 16.3. The summed E-state index contributed by atoms with van der Waals surface area (Å²) >= 11 is 0. The number of hydrogen-bond acceptors (Lipinski definition) is 5. The predicted octanol–water partition coefficient (Wildman–Crippen LogP) is 4.78. The molecule has 0 saturated heterocycles. The van der Waals surface area contributed by atoms with E-state index in [2.05, 4.69) is 34.6 Å². The first kappa shape index (κ1) is 22.8. The van der Waals surface area contributed by atoms with Crippen LogP contribution in [0.3, 0.4) is 0 Å². The summed E-state index contributed by atoms with van der Waals surface area (Å²) in [6.07, 6.45) is 0. The molecular formula is C27H26N4O3. The third-order valence-corrected chi connectivity index (χ3v) is 5.43. The molecule has 0 fully saturated rings. The van der Waals surface area contributed by atoms with Gasteiger partial charge in [0.25, 0.3) is 11.8 Å². The molecule has 1 aromatic heterocycles. The zero-order chi connectivity index (χ0) is 23.9. The van der Waals surface area contributed by atoms with Crippen molar-refractivity contribution in [1.82, 2.24) is 5.43 Å². The van der Waals surface area contributed by atoms with E-state index in [1.165, 1.54) is 0 Å². The highest BCUT2D eigenvalue weighted by Gasteiger charge is 2.15. The molecule has 0 aliphatic heterocycles. The number of nitrogens with one attached hydrogen (secondary N) is 2. The lowest BCUT2D eigenvalue weighted by molar-refractivity contribution is 0.0948. The van der Waals surface area contributed by atoms with Crippen LogP contribution in [0.1, 0.15) is 34.6 Å². The number of carbonyl (C=O) groups excluding carboxylic acids is 2. The van der Waals surface area contributed by atoms with E-state index in [-0.39, 0.29) is 11.1 Å². The Balaban J connectivity index is 1.76. The van der Waals surface area contributed by atoms with Crippen molar-refractivity contribution < 1.29 is 14.0 Å². The number of hydrogen-bond donors (Lipinski definition) is 2. The summed E-state index contributed by atoms with van der Waals surface area (Å²) in [7, 11) is 0. The van der Waals surface area contributed by atoms with Crippen LogP contribution in [0.4, 0.5) is 11.4 Å². The molecule has 0 atom stereocenters. The molecule has 2 N–H and O–H groups in total. The summed E-state index contributed by atoms with van der Waals surface area (Å²) < 4.78 is 6.05. The van der Waals surface area contributed by atoms with E-state index < -0.39 is 11.8 Å². The lowest BCUT2D eigenvalue weighted by Gasteiger charge is -2.21. The van der Waals surface area contributed by atoms with Gasteiger partial charge < -0.3 is 14.6 Å². The number of benzene rings is 3. The molecule has 3 aromatic carbocycles. The highest BCUT2D eigenvalue weighted by Crippen LogP contribution is 2.22. The monoisotopic (exact) mass is 454 g/mol. The Morgan fingerprint density at radius 3 is 2.21 bits per heavy atom. The van der Waals surface area contributed by atoms with E-state index >= 15 is 0 Å². The summed E-state index contributed by atoms with van der Waals surface area (Å²) in [5, 5.41) is 7.77. The van der Waals surface area contributed by atoms with Crippen molar-refractivity contribution in [3.8, 4) is 0 Å². The minimum atomic E-state index is -0.401. The molecule has 4 aromatic rings. The molecule has 7 heteroatoms. The number of anilines is 2. The van der Waals surface area contributed by atoms with Crippen molar-refractivity contribution in [3.05, 3.63) is 102 Å². The van der Waals surface area contributed by atoms with E-state index in [1.807, 2.05) is 42.5 Å². The van der Waals surface area contributed by atoms with Crippen molar-refractivity contribution >= 4 is 34.2 Å². The molecule has 2 amide bonds. The number of rotatable bonds is 7. The first-order chi connectivity index (χ1) is 16.6. The zero-order valence-corrected chi connectivity index (χ0v) is 19.1. The van der Waals surface area contributed by atoms with Gasteiger partial charge in [0, 0.05) is 41.5 Å². The third kappa shape index (κ3) is 5.15. The Bertz CT molecular complexity index is 1360. The number of fused-ring (bicyclic) bond motifs is 1. The second-order valence-corrected chi connectivity index (χ2v) is 7.60. The molecule has 0 aliphatic carbocycles. The van der Waals surface area contributed by atoms with Crippen LogP contribution in [-0.4, -0.2) is 24.9 Å². The van der Waals surface area contributed by atoms with Crippen LogP contribution < -0.4 is 21.2 Å². The fourth-order valence-electron chi connectivity index (χ4n) is 3.61. The quantitative estimate of drug-likeness (QED) is 0.394. The molecule has 1 heterocycles. The Morgan fingerprint density at radius 2 is 1.53 bits per heavy atom. The number of nitrogens with zero attached hydrogens (tertiary/aromatic N) is 2. The van der Waals surface area contributed by atoms with Crippen LogP contribution in [0, 0.1) is 0 Å². The lowest BCUT2D eigenvalue weighted by atomic mass is 10.1. The summed E-state index contributed by atoms with van der Waals surface area (Å²) in [5.41, 5.74) is 5.38. The van der Waals surface area contributed by atoms with Crippen LogP contribution in [0.2, 0.25) is 0 Å². The van der Waals surface area contributed by atoms with Gasteiger partial charge in [0.05, 0.1) is 0 Å². The van der Waals surface area contributed by atoms with Gasteiger partial charge in [0.1, 0.15) is 11.1 Å². The lowest BCUT2D eigenvalue weighted by Crippen LogP contribution is -2.27. The fourth-order valence-corrected chi connectivity index (χ4v) is 3.61. The van der Waals surface area contributed by atoms with Crippen molar-refractivity contribution in [2.75, 3.05) is 23.3 Å². The molecule has 4 rings (SSSR count). The molecular weight excluding hydrogens is 428 g/mol. The second kappa shape index (κ2) is 10.5. The summed E-state index contributed by atoms with van der Waals surface area (Å²) in [6, 6.07) is 25.4. The number of carbonyl (C=O) groups is 2. The Morgan fingerprint density at radius 1 is 0.853 bits per heavy atom. The average molecular weight is 455 g/mol. The minimum Gasteiger partial charge on any atom is -0.436 e. The predicted molar refractivity (Wildman–Crippen MR) is 134 cm³/mol. The van der Waals surface area contributed by atoms with Crippen molar-refractivity contribution in [3.63, 3.8) is 0 Å². The van der Waals surface area contributed by atoms with E-state index in [4.69, 9.17) is 4.42 Å². The van der Waals surface area contributed by atoms with E-state index in [1.54, 1.807) is 42.5 Å². The maximum Gasteiger partial charge on any atom is 0.271 e. The summed E-state index contributed by atoms with van der Waals surface area (Å²) in [4.78, 5) is 27.8. The molecule has 0 unspecified atom stereocenters. The van der Waals surface area contributed by atoms with Crippen LogP contribution in [0.5, 0.6) is 0 Å². The average Bonchev–Trinajstić information content (AvgIpc) is 2.88. The van der Waals surface area contributed by atoms with E-state index in [0.29, 0.717) is 16.8 Å². The van der Waals surface area contributed by atoms with Gasteiger partial charge in [-0.05, 0) is 56.3 Å². The molecule has 0 saturated carbocycles. The van der Waals surface area contributed by atoms with E-state index in [9.17, 15) is 9.59 Å². The van der Waals surface area contributed by atoms with Gasteiger partial charge in [-0.1, -0.05) is 36.4 Å². The second-order valence-electron chi connectivity index (χ2n) is 7.60. The number of amides is 2. The molecule has 0 bridgehead atoms. The van der Waals surface area contributed by atoms with Gasteiger partial charge in [-0.25, -0.2) is 5.43 Å². The fraction of sp³-hybridized carbons (Fsp3) is 0.148. The minimum absolute atomic E-state index is 0.0157. The van der Waals surface area contributed by atoms with Crippen LogP contribution in [-0.2, 0) is 0 Å². The highest BCUT2D eigenvalue weighted by molar-refractivity contribution is 6.05. The first-order valence-corrected chi connectivity index (χ1v) is 11.2. The SMILES string of the molecule is CCN(CC)c1ccc2cc(C(=O)Nc3ccccc3)/c(=N/NC(=O)c3ccccc3)oc2c1. The molecule has 34 heavy (non-hydrogen) atoms. The summed E-state index contributed by atoms with van der Waals surface area (Å²) in [6.45, 7) is 5.87. The van der Waals surface area contributed by atoms with Gasteiger partial charge in [-0.3, -0.25) is 9.59 Å². The van der Waals surface area contributed by atoms with Crippen LogP contribution in [0.15, 0.2) is 94.4 Å². The molecule has 0 aliphatic rings. The van der Waals surface area contributed by atoms with Gasteiger partial charge >= 0.3 is 0 Å². The molecule has 172 valence electrons. The Hall–Kier alpha value is -4.39. The van der Waals surface area contributed by atoms with Gasteiger partial charge in [-0.15, -0.1) is 5.10 Å². The van der Waals surface area contributed by atoms with Crippen LogP contribution >= 0.6 is 0 Å². The molecule has 0 radical (unpaired) electrons. The topological polar surface area (TPSA) is 86.9 Å². The smallest absolute Gasteiger partial charge is 0.271 e. The Labute approximate surface area is 197 Å². The van der Waals surface area contributed by atoms with E-state index in [0.717, 1.165) is 24.2 Å². The normalized spacial score (nSPS) is 11.3. The molecule has 0 spiro atoms. The standard InChI is InChI=1S/C27H26N4O3/c1-3-31(4-2)22-16-15-20-17-23(26(33)28-21-13-9-6-10-14-21)27(34-24(20)18-22)30-29-25(32)19-11-7-5-8-12-19/h5-18H,3-4H2,1-2H3,(H,28,33)(H,29,32)/b30-27-. The van der Waals surface area contributed by atoms with Crippen LogP contribution in [0.25, 0.3) is 11.0 Å². The summed E-state index contributed by atoms with van der Waals surface area (Å²) in [5.74, 6) is -0.792. The Kier molecular flexibility index (Phi) is 7.03. The van der Waals surface area contributed by atoms with Crippen molar-refractivity contribution in [2.24, 2.45) is 5.10 Å². The maximum absolute atomic E-state index is 13.1. The van der Waals surface area contributed by atoms with Gasteiger partial charge in [0.15, 0.2) is 0 Å². The molecule has 7 nitrogen and oxygen atoms in total. The van der Waals surface area contributed by atoms with Gasteiger partial charge in [-0.2, -0.15) is 0 Å². The maximum atomic E-state index is 13.1. The van der Waals surface area contributed by atoms with Crippen molar-refractivity contribution in [2.45, 2.75) is 13.8 Å². The third-order valence-electron chi connectivity index (χ3n) is 5.43. The number of para-hydroxylation sites is 1. The van der Waals surface area contributed by atoms with Crippen molar-refractivity contribution in [1.29, 1.82) is 0 Å².